The molecule has 0 saturated heterocycles. The standard InChI is InChI=1S/C16H22F3N3.HI/c1-3-20-15(21-9-8-16(17,18)19)22-14-10-13(14)12-7-5-4-6-11(12)2;/h4-7,13-14H,3,8-10H2,1-2H3,(H2,20,21,22);1H. The molecular weight excluding hydrogens is 418 g/mol. The Morgan fingerprint density at radius 1 is 1.30 bits per heavy atom. The van der Waals surface area contributed by atoms with Crippen molar-refractivity contribution in [3.63, 3.8) is 0 Å². The molecule has 0 aromatic heterocycles. The molecule has 1 aromatic carbocycles. The van der Waals surface area contributed by atoms with Crippen molar-refractivity contribution in [2.24, 2.45) is 4.99 Å². The van der Waals surface area contributed by atoms with E-state index in [2.05, 4.69) is 34.7 Å². The number of hydrogen-bond acceptors (Lipinski definition) is 1. The fourth-order valence-corrected chi connectivity index (χ4v) is 2.49. The highest BCUT2D eigenvalue weighted by molar-refractivity contribution is 14.0. The Kier molecular flexibility index (Phi) is 7.63. The second kappa shape index (κ2) is 8.75. The molecule has 1 aromatic rings. The second-order valence-electron chi connectivity index (χ2n) is 5.58. The van der Waals surface area contributed by atoms with Crippen LogP contribution in [0.3, 0.4) is 0 Å². The highest BCUT2D eigenvalue weighted by Gasteiger charge is 2.39. The fraction of sp³-hybridized carbons (Fsp3) is 0.562. The van der Waals surface area contributed by atoms with Crippen LogP contribution in [0.1, 0.15) is 36.8 Å². The monoisotopic (exact) mass is 441 g/mol. The molecule has 1 aliphatic rings. The van der Waals surface area contributed by atoms with Crippen molar-refractivity contribution in [3.8, 4) is 0 Å². The summed E-state index contributed by atoms with van der Waals surface area (Å²) in [7, 11) is 0. The van der Waals surface area contributed by atoms with Gasteiger partial charge in [0.2, 0.25) is 0 Å². The number of aryl methyl sites for hydroxylation is 1. The van der Waals surface area contributed by atoms with Crippen LogP contribution in [0, 0.1) is 6.92 Å². The van der Waals surface area contributed by atoms with Crippen LogP contribution in [-0.4, -0.2) is 31.3 Å². The van der Waals surface area contributed by atoms with E-state index in [1.54, 1.807) is 0 Å². The van der Waals surface area contributed by atoms with Crippen LogP contribution in [0.5, 0.6) is 0 Å². The zero-order valence-electron chi connectivity index (χ0n) is 13.3. The van der Waals surface area contributed by atoms with Gasteiger partial charge in [-0.05, 0) is 31.4 Å². The highest BCUT2D eigenvalue weighted by Crippen LogP contribution is 2.42. The Labute approximate surface area is 152 Å². The van der Waals surface area contributed by atoms with E-state index in [-0.39, 0.29) is 36.6 Å². The minimum Gasteiger partial charge on any atom is -0.357 e. The lowest BCUT2D eigenvalue weighted by Gasteiger charge is -2.12. The molecule has 23 heavy (non-hydrogen) atoms. The molecule has 0 amide bonds. The summed E-state index contributed by atoms with van der Waals surface area (Å²) in [4.78, 5) is 4.00. The number of nitrogens with one attached hydrogen (secondary N) is 2. The van der Waals surface area contributed by atoms with Crippen molar-refractivity contribution in [3.05, 3.63) is 35.4 Å². The van der Waals surface area contributed by atoms with Crippen LogP contribution < -0.4 is 10.6 Å². The molecule has 0 bridgehead atoms. The van der Waals surface area contributed by atoms with Crippen molar-refractivity contribution in [2.45, 2.75) is 44.8 Å². The number of benzene rings is 1. The van der Waals surface area contributed by atoms with Gasteiger partial charge in [-0.2, -0.15) is 13.2 Å². The van der Waals surface area contributed by atoms with Gasteiger partial charge in [0.05, 0.1) is 13.0 Å². The lowest BCUT2D eigenvalue weighted by atomic mass is 10.0. The molecular formula is C16H23F3IN3. The lowest BCUT2D eigenvalue weighted by molar-refractivity contribution is -0.132. The van der Waals surface area contributed by atoms with E-state index in [9.17, 15) is 13.2 Å². The first-order valence-corrected chi connectivity index (χ1v) is 7.58. The summed E-state index contributed by atoms with van der Waals surface area (Å²) in [5.74, 6) is 0.875. The molecule has 0 radical (unpaired) electrons. The van der Waals surface area contributed by atoms with E-state index < -0.39 is 12.6 Å². The predicted molar refractivity (Wildman–Crippen MR) is 97.5 cm³/mol. The summed E-state index contributed by atoms with van der Waals surface area (Å²) in [5, 5.41) is 6.22. The fourth-order valence-electron chi connectivity index (χ4n) is 2.49. The molecule has 2 atom stereocenters. The van der Waals surface area contributed by atoms with Crippen molar-refractivity contribution in [2.75, 3.05) is 13.1 Å². The Balaban J connectivity index is 0.00000264. The minimum absolute atomic E-state index is 0. The number of hydrogen-bond donors (Lipinski definition) is 2. The average molecular weight is 441 g/mol. The molecule has 1 aliphatic carbocycles. The summed E-state index contributed by atoms with van der Waals surface area (Å²) < 4.78 is 36.6. The van der Waals surface area contributed by atoms with Gasteiger partial charge in [-0.25, -0.2) is 0 Å². The number of guanidine groups is 1. The Hall–Kier alpha value is -0.990. The molecule has 7 heteroatoms. The van der Waals surface area contributed by atoms with Crippen LogP contribution in [0.4, 0.5) is 13.2 Å². The number of nitrogens with zero attached hydrogens (tertiary/aromatic N) is 1. The zero-order valence-corrected chi connectivity index (χ0v) is 15.6. The predicted octanol–water partition coefficient (Wildman–Crippen LogP) is 3.98. The summed E-state index contributed by atoms with van der Waals surface area (Å²) in [6, 6.07) is 8.44. The number of halogens is 4. The van der Waals surface area contributed by atoms with E-state index in [1.165, 1.54) is 11.1 Å². The van der Waals surface area contributed by atoms with Crippen molar-refractivity contribution in [1.29, 1.82) is 0 Å². The lowest BCUT2D eigenvalue weighted by Crippen LogP contribution is -2.39. The Bertz CT molecular complexity index is 532. The van der Waals surface area contributed by atoms with Gasteiger partial charge in [0.15, 0.2) is 5.96 Å². The van der Waals surface area contributed by atoms with E-state index >= 15 is 0 Å². The van der Waals surface area contributed by atoms with Crippen molar-refractivity contribution < 1.29 is 13.2 Å². The molecule has 0 aliphatic heterocycles. The van der Waals surface area contributed by atoms with Gasteiger partial charge in [-0.3, -0.25) is 4.99 Å². The van der Waals surface area contributed by atoms with E-state index in [1.807, 2.05) is 19.1 Å². The SMILES string of the molecule is CCNC(=NCCC(F)(F)F)NC1CC1c1ccccc1C.I. The van der Waals surface area contributed by atoms with Crippen LogP contribution in [0.2, 0.25) is 0 Å². The van der Waals surface area contributed by atoms with Gasteiger partial charge in [-0.15, -0.1) is 24.0 Å². The van der Waals surface area contributed by atoms with Gasteiger partial charge < -0.3 is 10.6 Å². The zero-order chi connectivity index (χ0) is 16.2. The maximum atomic E-state index is 12.2. The third-order valence-corrected chi connectivity index (χ3v) is 3.71. The first-order valence-electron chi connectivity index (χ1n) is 7.58. The molecule has 0 spiro atoms. The van der Waals surface area contributed by atoms with E-state index in [4.69, 9.17) is 0 Å². The molecule has 2 unspecified atom stereocenters. The molecule has 2 N–H and O–H groups in total. The number of rotatable bonds is 5. The molecule has 3 nitrogen and oxygen atoms in total. The maximum absolute atomic E-state index is 12.2. The van der Waals surface area contributed by atoms with Crippen LogP contribution in [0.25, 0.3) is 0 Å². The van der Waals surface area contributed by atoms with Gasteiger partial charge in [0.25, 0.3) is 0 Å². The van der Waals surface area contributed by atoms with Crippen LogP contribution >= 0.6 is 24.0 Å². The molecule has 2 rings (SSSR count). The summed E-state index contributed by atoms with van der Waals surface area (Å²) in [5.41, 5.74) is 2.54. The van der Waals surface area contributed by atoms with Crippen LogP contribution in [0.15, 0.2) is 29.3 Å². The Morgan fingerprint density at radius 3 is 2.61 bits per heavy atom. The largest absolute Gasteiger partial charge is 0.390 e. The van der Waals surface area contributed by atoms with Gasteiger partial charge in [0.1, 0.15) is 0 Å². The third-order valence-electron chi connectivity index (χ3n) is 3.71. The summed E-state index contributed by atoms with van der Waals surface area (Å²) in [6.45, 7) is 4.35. The van der Waals surface area contributed by atoms with E-state index in [0.29, 0.717) is 18.4 Å². The topological polar surface area (TPSA) is 36.4 Å². The second-order valence-corrected chi connectivity index (χ2v) is 5.58. The normalized spacial score (nSPS) is 20.7. The number of alkyl halides is 3. The first kappa shape index (κ1) is 20.1. The minimum atomic E-state index is -4.16. The molecule has 1 fully saturated rings. The average Bonchev–Trinajstić information content (AvgIpc) is 3.17. The van der Waals surface area contributed by atoms with Crippen LogP contribution in [-0.2, 0) is 0 Å². The third kappa shape index (κ3) is 6.56. The van der Waals surface area contributed by atoms with E-state index in [0.717, 1.165) is 6.42 Å². The summed E-state index contributed by atoms with van der Waals surface area (Å²) >= 11 is 0. The quantitative estimate of drug-likeness (QED) is 0.412. The Morgan fingerprint density at radius 2 is 2.00 bits per heavy atom. The smallest absolute Gasteiger partial charge is 0.357 e. The first-order chi connectivity index (χ1) is 10.4. The molecule has 1 saturated carbocycles. The van der Waals surface area contributed by atoms with Gasteiger partial charge in [0, 0.05) is 18.5 Å². The highest BCUT2D eigenvalue weighted by atomic mass is 127. The van der Waals surface area contributed by atoms with Crippen molar-refractivity contribution in [1.82, 2.24) is 10.6 Å². The summed E-state index contributed by atoms with van der Waals surface area (Å²) in [6.07, 6.45) is -4.08. The molecule has 0 heterocycles. The van der Waals surface area contributed by atoms with Gasteiger partial charge >= 0.3 is 6.18 Å². The maximum Gasteiger partial charge on any atom is 0.390 e. The number of aliphatic imine (C=N–C) groups is 1. The molecule has 130 valence electrons. The van der Waals surface area contributed by atoms with Crippen molar-refractivity contribution >= 4 is 29.9 Å². The van der Waals surface area contributed by atoms with Gasteiger partial charge in [-0.1, -0.05) is 24.3 Å².